The van der Waals surface area contributed by atoms with Crippen LogP contribution < -0.4 is 5.56 Å². The van der Waals surface area contributed by atoms with Crippen LogP contribution in [-0.4, -0.2) is 10.3 Å². The second-order valence-corrected chi connectivity index (χ2v) is 3.21. The highest BCUT2D eigenvalue weighted by atomic mass is 16.6. The third-order valence-electron chi connectivity index (χ3n) is 1.20. The zero-order valence-electron chi connectivity index (χ0n) is 6.26. The number of nitrogens with zero attached hydrogens (tertiary/aromatic N) is 1. The van der Waals surface area contributed by atoms with Crippen LogP contribution in [0.25, 0.3) is 0 Å². The van der Waals surface area contributed by atoms with Crippen LogP contribution in [0.1, 0.15) is 26.5 Å². The summed E-state index contributed by atoms with van der Waals surface area (Å²) in [6, 6.07) is 0. The molecule has 4 heteroatoms. The molecule has 0 atom stereocenters. The van der Waals surface area contributed by atoms with E-state index in [0.29, 0.717) is 5.69 Å². The van der Waals surface area contributed by atoms with Crippen molar-refractivity contribution in [2.75, 3.05) is 0 Å². The second kappa shape index (κ2) is 1.97. The van der Waals surface area contributed by atoms with Crippen molar-refractivity contribution in [1.82, 2.24) is 10.3 Å². The van der Waals surface area contributed by atoms with E-state index in [0.717, 1.165) is 0 Å². The fourth-order valence-electron chi connectivity index (χ4n) is 0.677. The van der Waals surface area contributed by atoms with Gasteiger partial charge in [-0.2, -0.15) is 5.16 Å². The van der Waals surface area contributed by atoms with Crippen LogP contribution in [0, 0.1) is 0 Å². The van der Waals surface area contributed by atoms with Crippen LogP contribution in [-0.2, 0) is 5.41 Å². The van der Waals surface area contributed by atoms with E-state index in [1.54, 1.807) is 0 Å². The van der Waals surface area contributed by atoms with E-state index in [1.165, 1.54) is 0 Å². The molecule has 1 aromatic heterocycles. The fraction of sp³-hybridized carbons (Fsp3) is 0.667. The highest BCUT2D eigenvalue weighted by Crippen LogP contribution is 2.14. The van der Waals surface area contributed by atoms with Gasteiger partial charge in [-0.25, -0.2) is 0 Å². The number of aromatic amines is 1. The van der Waals surface area contributed by atoms with E-state index >= 15 is 0 Å². The molecule has 1 heterocycles. The minimum atomic E-state index is -0.243. The van der Waals surface area contributed by atoms with Crippen LogP contribution >= 0.6 is 0 Å². The zero-order valence-corrected chi connectivity index (χ0v) is 6.26. The molecule has 0 aliphatic heterocycles. The van der Waals surface area contributed by atoms with Gasteiger partial charge in [0.2, 0.25) is 0 Å². The monoisotopic (exact) mass is 142 g/mol. The third-order valence-corrected chi connectivity index (χ3v) is 1.20. The van der Waals surface area contributed by atoms with Gasteiger partial charge in [0.25, 0.3) is 0 Å². The molecule has 0 bridgehead atoms. The van der Waals surface area contributed by atoms with E-state index in [9.17, 15) is 4.79 Å². The molecule has 0 aliphatic rings. The maximum atomic E-state index is 10.9. The molecule has 0 radical (unpaired) electrons. The maximum absolute atomic E-state index is 10.9. The lowest BCUT2D eigenvalue weighted by molar-refractivity contribution is 0.295. The lowest BCUT2D eigenvalue weighted by Gasteiger charge is -2.10. The summed E-state index contributed by atoms with van der Waals surface area (Å²) in [4.78, 5) is 10.9. The lowest BCUT2D eigenvalue weighted by Crippen LogP contribution is -2.21. The molecule has 0 saturated heterocycles. The number of H-pyrrole nitrogens is 1. The van der Waals surface area contributed by atoms with Crippen molar-refractivity contribution in [3.63, 3.8) is 0 Å². The van der Waals surface area contributed by atoms with E-state index in [2.05, 4.69) is 14.9 Å². The van der Waals surface area contributed by atoms with Gasteiger partial charge in [-0.1, -0.05) is 25.9 Å². The Morgan fingerprint density at radius 1 is 1.50 bits per heavy atom. The van der Waals surface area contributed by atoms with Crippen molar-refractivity contribution in [3.8, 4) is 0 Å². The summed E-state index contributed by atoms with van der Waals surface area (Å²) < 4.78 is 4.38. The van der Waals surface area contributed by atoms with Crippen molar-refractivity contribution in [2.45, 2.75) is 26.2 Å². The molecule has 0 unspecified atom stereocenters. The molecule has 1 aromatic rings. The van der Waals surface area contributed by atoms with Gasteiger partial charge in [0.1, 0.15) is 0 Å². The first-order valence-electron chi connectivity index (χ1n) is 3.06. The molecular weight excluding hydrogens is 132 g/mol. The van der Waals surface area contributed by atoms with Crippen LogP contribution in [0.4, 0.5) is 0 Å². The first kappa shape index (κ1) is 7.05. The highest BCUT2D eigenvalue weighted by molar-refractivity contribution is 5.04. The number of nitrogens with one attached hydrogen (secondary N) is 1. The average molecular weight is 142 g/mol. The molecule has 1 rings (SSSR count). The molecule has 1 N–H and O–H groups in total. The van der Waals surface area contributed by atoms with Crippen molar-refractivity contribution in [1.29, 1.82) is 0 Å². The minimum absolute atomic E-state index is 0.236. The normalized spacial score (nSPS) is 11.9. The lowest BCUT2D eigenvalue weighted by atomic mass is 9.93. The minimum Gasteiger partial charge on any atom is -0.267 e. The van der Waals surface area contributed by atoms with Gasteiger partial charge < -0.3 is 0 Å². The van der Waals surface area contributed by atoms with E-state index in [1.807, 2.05) is 20.8 Å². The zero-order chi connectivity index (χ0) is 7.78. The van der Waals surface area contributed by atoms with Gasteiger partial charge in [-0.3, -0.25) is 9.42 Å². The van der Waals surface area contributed by atoms with Gasteiger partial charge in [0.15, 0.2) is 5.69 Å². The Morgan fingerprint density at radius 3 is 2.30 bits per heavy atom. The molecule has 0 aromatic carbocycles. The van der Waals surface area contributed by atoms with Gasteiger partial charge in [0.05, 0.1) is 0 Å². The van der Waals surface area contributed by atoms with E-state index in [4.69, 9.17) is 0 Å². The van der Waals surface area contributed by atoms with Gasteiger partial charge in [-0.05, 0) is 0 Å². The summed E-state index contributed by atoms with van der Waals surface area (Å²) in [5.41, 5.74) is -0.0411. The smallest absolute Gasteiger partial charge is 0.267 e. The molecule has 0 saturated carbocycles. The van der Waals surface area contributed by atoms with Gasteiger partial charge in [-0.15, -0.1) is 0 Å². The number of hydrogen-bond acceptors (Lipinski definition) is 3. The summed E-state index contributed by atoms with van der Waals surface area (Å²) in [5.74, 6) is 0. The van der Waals surface area contributed by atoms with Gasteiger partial charge in [0, 0.05) is 5.41 Å². The first-order chi connectivity index (χ1) is 4.52. The number of hydrogen-bond donors (Lipinski definition) is 1. The van der Waals surface area contributed by atoms with Crippen molar-refractivity contribution < 1.29 is 4.63 Å². The Bertz CT molecular complexity index is 266. The summed E-state index contributed by atoms with van der Waals surface area (Å²) >= 11 is 0. The predicted molar refractivity (Wildman–Crippen MR) is 35.8 cm³/mol. The first-order valence-corrected chi connectivity index (χ1v) is 3.06. The standard InChI is InChI=1S/C6H10N2O2/c1-6(2,3)4-5(9)8-10-7-4/h1-3H3,(H,8,9). The second-order valence-electron chi connectivity index (χ2n) is 3.21. The largest absolute Gasteiger partial charge is 0.304 e. The average Bonchev–Trinajstić information content (AvgIpc) is 2.11. The Kier molecular flexibility index (Phi) is 1.39. The fourth-order valence-corrected chi connectivity index (χ4v) is 0.677. The van der Waals surface area contributed by atoms with E-state index < -0.39 is 0 Å². The molecule has 0 amide bonds. The quantitative estimate of drug-likeness (QED) is 0.578. The van der Waals surface area contributed by atoms with Crippen molar-refractivity contribution in [2.24, 2.45) is 0 Å². The Hall–Kier alpha value is -1.06. The van der Waals surface area contributed by atoms with Crippen molar-refractivity contribution >= 4 is 0 Å². The van der Waals surface area contributed by atoms with Gasteiger partial charge >= 0.3 is 5.56 Å². The number of rotatable bonds is 0. The summed E-state index contributed by atoms with van der Waals surface area (Å²) in [6.45, 7) is 5.71. The van der Waals surface area contributed by atoms with Crippen LogP contribution in [0.2, 0.25) is 0 Å². The maximum Gasteiger partial charge on any atom is 0.304 e. The van der Waals surface area contributed by atoms with Crippen LogP contribution in [0.5, 0.6) is 0 Å². The SMILES string of the molecule is CC(C)(C)c1no[nH]c1=O. The molecular formula is C6H10N2O2. The summed E-state index contributed by atoms with van der Waals surface area (Å²) in [5, 5.41) is 5.68. The predicted octanol–water partition coefficient (Wildman–Crippen LogP) is 0.660. The van der Waals surface area contributed by atoms with E-state index in [-0.39, 0.29) is 11.0 Å². The summed E-state index contributed by atoms with van der Waals surface area (Å²) in [6.07, 6.45) is 0. The molecule has 0 spiro atoms. The molecule has 0 fully saturated rings. The Balaban J connectivity index is 3.18. The molecule has 56 valence electrons. The highest BCUT2D eigenvalue weighted by Gasteiger charge is 2.21. The third kappa shape index (κ3) is 1.10. The molecule has 0 aliphatic carbocycles. The van der Waals surface area contributed by atoms with Crippen LogP contribution in [0.15, 0.2) is 9.42 Å². The topological polar surface area (TPSA) is 58.9 Å². The molecule has 10 heavy (non-hydrogen) atoms. The molecule has 4 nitrogen and oxygen atoms in total. The summed E-state index contributed by atoms with van der Waals surface area (Å²) in [7, 11) is 0. The van der Waals surface area contributed by atoms with Crippen LogP contribution in [0.3, 0.4) is 0 Å². The van der Waals surface area contributed by atoms with Crippen molar-refractivity contribution in [3.05, 3.63) is 16.0 Å². The Morgan fingerprint density at radius 2 is 2.10 bits per heavy atom. The number of aromatic nitrogens is 2. The Labute approximate surface area is 58.2 Å².